The van der Waals surface area contributed by atoms with Gasteiger partial charge in [-0.2, -0.15) is 0 Å². The predicted octanol–water partition coefficient (Wildman–Crippen LogP) is 0.899. The number of aromatic nitrogens is 2. The molecule has 0 bridgehead atoms. The second kappa shape index (κ2) is 7.47. The van der Waals surface area contributed by atoms with E-state index in [2.05, 4.69) is 4.98 Å². The van der Waals surface area contributed by atoms with Crippen molar-refractivity contribution >= 4 is 18.2 Å². The van der Waals surface area contributed by atoms with Crippen molar-refractivity contribution in [1.29, 1.82) is 0 Å². The quantitative estimate of drug-likeness (QED) is 0.636. The largest absolute Gasteiger partial charge is 0.473 e. The topological polar surface area (TPSA) is 109 Å². The Kier molecular flexibility index (Phi) is 5.64. The van der Waals surface area contributed by atoms with Gasteiger partial charge in [-0.1, -0.05) is 0 Å². The van der Waals surface area contributed by atoms with Crippen molar-refractivity contribution in [3.05, 3.63) is 54.1 Å². The molecular formula is C13H12N2O5. The number of hydrogen-bond acceptors (Lipinski definition) is 4. The second-order valence-corrected chi connectivity index (χ2v) is 3.64. The Labute approximate surface area is 114 Å². The van der Waals surface area contributed by atoms with Crippen LogP contribution < -0.4 is 0 Å². The molecule has 2 aromatic heterocycles. The number of carbonyl (C=O) groups excluding carboxylic acids is 1. The van der Waals surface area contributed by atoms with Gasteiger partial charge in [0.25, 0.3) is 0 Å². The van der Waals surface area contributed by atoms with Gasteiger partial charge in [-0.3, -0.25) is 9.78 Å². The van der Waals surface area contributed by atoms with E-state index in [0.29, 0.717) is 12.2 Å². The van der Waals surface area contributed by atoms with E-state index in [-0.39, 0.29) is 0 Å². The van der Waals surface area contributed by atoms with Gasteiger partial charge in [-0.15, -0.1) is 0 Å². The molecule has 2 rings (SSSR count). The molecule has 0 aromatic carbocycles. The lowest BCUT2D eigenvalue weighted by Gasteiger charge is -2.04. The molecular weight excluding hydrogens is 264 g/mol. The molecule has 0 aliphatic carbocycles. The third-order valence-electron chi connectivity index (χ3n) is 2.27. The highest BCUT2D eigenvalue weighted by Crippen LogP contribution is 2.04. The smallest absolute Gasteiger partial charge is 0.414 e. The lowest BCUT2D eigenvalue weighted by molar-refractivity contribution is -0.159. The molecule has 0 radical (unpaired) electrons. The van der Waals surface area contributed by atoms with Crippen LogP contribution in [-0.2, 0) is 16.1 Å². The lowest BCUT2D eigenvalue weighted by atomic mass is 10.2. The van der Waals surface area contributed by atoms with Crippen LogP contribution in [-0.4, -0.2) is 38.0 Å². The fourth-order valence-electron chi connectivity index (χ4n) is 1.36. The van der Waals surface area contributed by atoms with Gasteiger partial charge in [0.05, 0.1) is 5.69 Å². The Morgan fingerprint density at radius 1 is 1.15 bits per heavy atom. The molecule has 0 saturated carbocycles. The third kappa shape index (κ3) is 4.73. The maximum Gasteiger partial charge on any atom is 0.414 e. The monoisotopic (exact) mass is 276 g/mol. The summed E-state index contributed by atoms with van der Waals surface area (Å²) in [4.78, 5) is 32.8. The number of hydrogen-bond donors (Lipinski definition) is 2. The number of aliphatic carboxylic acids is 2. The fourth-order valence-corrected chi connectivity index (χ4v) is 1.36. The van der Waals surface area contributed by atoms with Crippen molar-refractivity contribution in [3.8, 4) is 0 Å². The molecule has 0 unspecified atom stereocenters. The molecule has 0 spiro atoms. The van der Waals surface area contributed by atoms with Crippen LogP contribution in [0.5, 0.6) is 0 Å². The highest BCUT2D eigenvalue weighted by molar-refractivity contribution is 6.27. The van der Waals surface area contributed by atoms with Crippen molar-refractivity contribution in [1.82, 2.24) is 9.55 Å². The van der Waals surface area contributed by atoms with Gasteiger partial charge in [-0.05, 0) is 29.8 Å². The van der Waals surface area contributed by atoms with E-state index in [0.717, 1.165) is 11.8 Å². The SMILES string of the molecule is O=C(O)C(=O)O.O=Cc1cccn1Cc1ccncc1. The van der Waals surface area contributed by atoms with Crippen LogP contribution in [0.15, 0.2) is 42.9 Å². The molecule has 2 aromatic rings. The molecule has 0 amide bonds. The Bertz CT molecular complexity index is 580. The minimum Gasteiger partial charge on any atom is -0.473 e. The van der Waals surface area contributed by atoms with Crippen LogP contribution in [0.2, 0.25) is 0 Å². The molecule has 20 heavy (non-hydrogen) atoms. The first-order valence-corrected chi connectivity index (χ1v) is 5.50. The standard InChI is InChI=1S/C11H10N2O.C2H2O4/c14-9-11-2-1-7-13(11)8-10-3-5-12-6-4-10;3-1(4)2(5)6/h1-7,9H,8H2;(H,3,4)(H,5,6). The summed E-state index contributed by atoms with van der Waals surface area (Å²) >= 11 is 0. The van der Waals surface area contributed by atoms with E-state index in [4.69, 9.17) is 19.8 Å². The number of carboxylic acids is 2. The number of aldehydes is 1. The average Bonchev–Trinajstić information content (AvgIpc) is 2.87. The predicted molar refractivity (Wildman–Crippen MR) is 68.4 cm³/mol. The van der Waals surface area contributed by atoms with Crippen LogP contribution in [0.1, 0.15) is 16.1 Å². The summed E-state index contributed by atoms with van der Waals surface area (Å²) in [5, 5.41) is 14.8. The summed E-state index contributed by atoms with van der Waals surface area (Å²) in [6.07, 6.45) is 6.25. The van der Waals surface area contributed by atoms with Gasteiger partial charge in [0.1, 0.15) is 0 Å². The fraction of sp³-hybridized carbons (Fsp3) is 0.0769. The van der Waals surface area contributed by atoms with Crippen LogP contribution in [0, 0.1) is 0 Å². The molecule has 7 heteroatoms. The van der Waals surface area contributed by atoms with Crippen molar-refractivity contribution in [2.75, 3.05) is 0 Å². The Balaban J connectivity index is 0.000000286. The maximum absolute atomic E-state index is 10.6. The number of carboxylic acid groups (broad SMARTS) is 2. The molecule has 104 valence electrons. The molecule has 2 N–H and O–H groups in total. The van der Waals surface area contributed by atoms with E-state index < -0.39 is 11.9 Å². The molecule has 0 fully saturated rings. The first-order valence-electron chi connectivity index (χ1n) is 5.50. The normalized spacial score (nSPS) is 9.20. The maximum atomic E-state index is 10.6. The van der Waals surface area contributed by atoms with Crippen molar-refractivity contribution in [2.45, 2.75) is 6.54 Å². The molecule has 0 atom stereocenters. The summed E-state index contributed by atoms with van der Waals surface area (Å²) in [5.74, 6) is -3.65. The first-order chi connectivity index (χ1) is 9.54. The molecule has 0 aliphatic rings. The van der Waals surface area contributed by atoms with Crippen LogP contribution in [0.25, 0.3) is 0 Å². The van der Waals surface area contributed by atoms with Crippen molar-refractivity contribution in [2.24, 2.45) is 0 Å². The zero-order valence-electron chi connectivity index (χ0n) is 10.3. The number of nitrogens with zero attached hydrogens (tertiary/aromatic N) is 2. The summed E-state index contributed by atoms with van der Waals surface area (Å²) in [6, 6.07) is 7.54. The Morgan fingerprint density at radius 2 is 1.75 bits per heavy atom. The lowest BCUT2D eigenvalue weighted by Crippen LogP contribution is -2.09. The van der Waals surface area contributed by atoms with Crippen LogP contribution >= 0.6 is 0 Å². The number of carbonyl (C=O) groups is 3. The van der Waals surface area contributed by atoms with Gasteiger partial charge < -0.3 is 14.8 Å². The summed E-state index contributed by atoms with van der Waals surface area (Å²) in [5.41, 5.74) is 1.83. The molecule has 7 nitrogen and oxygen atoms in total. The number of rotatable bonds is 3. The molecule has 0 saturated heterocycles. The van der Waals surface area contributed by atoms with E-state index >= 15 is 0 Å². The van der Waals surface area contributed by atoms with Crippen LogP contribution in [0.3, 0.4) is 0 Å². The Hall–Kier alpha value is -2.96. The second-order valence-electron chi connectivity index (χ2n) is 3.64. The summed E-state index contributed by atoms with van der Waals surface area (Å²) < 4.78 is 1.91. The summed E-state index contributed by atoms with van der Waals surface area (Å²) in [6.45, 7) is 0.712. The van der Waals surface area contributed by atoms with E-state index in [1.807, 2.05) is 29.0 Å². The molecule has 0 aliphatic heterocycles. The van der Waals surface area contributed by atoms with Gasteiger partial charge >= 0.3 is 11.9 Å². The highest BCUT2D eigenvalue weighted by atomic mass is 16.4. The molecule has 2 heterocycles. The highest BCUT2D eigenvalue weighted by Gasteiger charge is 2.04. The van der Waals surface area contributed by atoms with E-state index in [9.17, 15) is 4.79 Å². The van der Waals surface area contributed by atoms with Crippen molar-refractivity contribution in [3.63, 3.8) is 0 Å². The number of pyridine rings is 1. The first kappa shape index (κ1) is 15.1. The van der Waals surface area contributed by atoms with Gasteiger partial charge in [0.2, 0.25) is 0 Å². The van der Waals surface area contributed by atoms with Gasteiger partial charge in [-0.25, -0.2) is 9.59 Å². The minimum atomic E-state index is -1.82. The van der Waals surface area contributed by atoms with Gasteiger partial charge in [0, 0.05) is 25.1 Å². The van der Waals surface area contributed by atoms with Crippen LogP contribution in [0.4, 0.5) is 0 Å². The van der Waals surface area contributed by atoms with Gasteiger partial charge in [0.15, 0.2) is 6.29 Å². The van der Waals surface area contributed by atoms with E-state index in [1.54, 1.807) is 18.5 Å². The van der Waals surface area contributed by atoms with Crippen molar-refractivity contribution < 1.29 is 24.6 Å². The zero-order chi connectivity index (χ0) is 15.0. The third-order valence-corrected chi connectivity index (χ3v) is 2.27. The minimum absolute atomic E-state index is 0.696. The average molecular weight is 276 g/mol. The Morgan fingerprint density at radius 3 is 2.25 bits per heavy atom. The zero-order valence-corrected chi connectivity index (χ0v) is 10.3. The van der Waals surface area contributed by atoms with E-state index in [1.165, 1.54) is 0 Å². The summed E-state index contributed by atoms with van der Waals surface area (Å²) in [7, 11) is 0.